The maximum atomic E-state index is 12.8. The Morgan fingerprint density at radius 2 is 1.56 bits per heavy atom. The summed E-state index contributed by atoms with van der Waals surface area (Å²) in [4.78, 5) is 57.7. The van der Waals surface area contributed by atoms with Crippen LogP contribution in [-0.2, 0) is 9.59 Å². The molecule has 0 aromatic heterocycles. The van der Waals surface area contributed by atoms with Gasteiger partial charge in [-0.3, -0.25) is 24.1 Å². The Balaban J connectivity index is 1.21. The highest BCUT2D eigenvalue weighted by Crippen LogP contribution is 2.25. The lowest BCUT2D eigenvalue weighted by Crippen LogP contribution is -2.51. The second-order valence-corrected chi connectivity index (χ2v) is 9.20. The summed E-state index contributed by atoms with van der Waals surface area (Å²) in [5.41, 5.74) is 1.84. The zero-order valence-electron chi connectivity index (χ0n) is 19.0. The smallest absolute Gasteiger partial charge is 0.261 e. The normalized spacial score (nSPS) is 20.1. The van der Waals surface area contributed by atoms with Gasteiger partial charge in [-0.25, -0.2) is 0 Å². The van der Waals surface area contributed by atoms with E-state index in [1.54, 1.807) is 12.1 Å². The van der Waals surface area contributed by atoms with Crippen LogP contribution in [0.5, 0.6) is 0 Å². The van der Waals surface area contributed by atoms with Gasteiger partial charge >= 0.3 is 0 Å². The number of fused-ring (bicyclic) bond motifs is 1. The summed E-state index contributed by atoms with van der Waals surface area (Å²) < 4.78 is 0. The van der Waals surface area contributed by atoms with Gasteiger partial charge in [-0.05, 0) is 45.4 Å². The molecule has 0 bridgehead atoms. The molecule has 0 atom stereocenters. The fourth-order valence-electron chi connectivity index (χ4n) is 4.82. The summed E-state index contributed by atoms with van der Waals surface area (Å²) in [6, 6.07) is 5.27. The number of carbonyl (C=O) groups is 4. The molecule has 0 aliphatic carbocycles. The first-order chi connectivity index (χ1) is 15.3. The summed E-state index contributed by atoms with van der Waals surface area (Å²) in [6.07, 6.45) is 2.15. The zero-order chi connectivity index (χ0) is 22.8. The highest BCUT2D eigenvalue weighted by atomic mass is 16.2. The van der Waals surface area contributed by atoms with Crippen LogP contribution in [0, 0.1) is 12.8 Å². The highest BCUT2D eigenvalue weighted by molar-refractivity contribution is 6.21. The number of benzene rings is 1. The van der Waals surface area contributed by atoms with E-state index in [1.165, 1.54) is 4.90 Å². The average Bonchev–Trinajstić information content (AvgIpc) is 3.03. The van der Waals surface area contributed by atoms with Crippen LogP contribution in [0.15, 0.2) is 18.2 Å². The lowest BCUT2D eigenvalue weighted by Gasteiger charge is -2.37. The van der Waals surface area contributed by atoms with Gasteiger partial charge in [-0.2, -0.15) is 0 Å². The van der Waals surface area contributed by atoms with E-state index < -0.39 is 0 Å². The Morgan fingerprint density at radius 1 is 0.906 bits per heavy atom. The third-order valence-corrected chi connectivity index (χ3v) is 6.91. The molecule has 4 rings (SSSR count). The van der Waals surface area contributed by atoms with Crippen molar-refractivity contribution >= 4 is 23.6 Å². The van der Waals surface area contributed by atoms with Crippen LogP contribution in [0.3, 0.4) is 0 Å². The van der Waals surface area contributed by atoms with Crippen molar-refractivity contribution in [1.29, 1.82) is 0 Å². The first-order valence-corrected chi connectivity index (χ1v) is 11.6. The van der Waals surface area contributed by atoms with E-state index >= 15 is 0 Å². The molecule has 32 heavy (non-hydrogen) atoms. The van der Waals surface area contributed by atoms with Crippen molar-refractivity contribution in [2.75, 3.05) is 52.9 Å². The molecule has 0 saturated carbocycles. The second kappa shape index (κ2) is 9.40. The molecule has 1 aromatic rings. The molecule has 3 aliphatic heterocycles. The van der Waals surface area contributed by atoms with Gasteiger partial charge in [0.25, 0.3) is 11.8 Å². The molecule has 172 valence electrons. The number of hydrogen-bond donors (Lipinski definition) is 0. The largest absolute Gasteiger partial charge is 0.343 e. The fourth-order valence-corrected chi connectivity index (χ4v) is 4.82. The van der Waals surface area contributed by atoms with E-state index in [0.717, 1.165) is 31.7 Å². The monoisotopic (exact) mass is 440 g/mol. The van der Waals surface area contributed by atoms with Crippen LogP contribution >= 0.6 is 0 Å². The maximum absolute atomic E-state index is 12.8. The number of piperazine rings is 1. The molecule has 8 heteroatoms. The Bertz CT molecular complexity index is 915. The minimum Gasteiger partial charge on any atom is -0.343 e. The minimum atomic E-state index is -0.277. The van der Waals surface area contributed by atoms with E-state index in [-0.39, 0.29) is 36.1 Å². The van der Waals surface area contributed by atoms with Gasteiger partial charge in [0.05, 0.1) is 11.1 Å². The molecule has 3 aliphatic rings. The quantitative estimate of drug-likeness (QED) is 0.647. The number of likely N-dealkylation sites (N-methyl/N-ethyl adjacent to an activating group) is 1. The van der Waals surface area contributed by atoms with Crippen molar-refractivity contribution in [3.8, 4) is 0 Å². The van der Waals surface area contributed by atoms with Crippen molar-refractivity contribution in [1.82, 2.24) is 19.6 Å². The number of rotatable bonds is 5. The minimum absolute atomic E-state index is 0.00394. The van der Waals surface area contributed by atoms with Gasteiger partial charge in [0.2, 0.25) is 11.8 Å². The van der Waals surface area contributed by atoms with E-state index in [4.69, 9.17) is 0 Å². The molecule has 2 saturated heterocycles. The summed E-state index contributed by atoms with van der Waals surface area (Å²) in [6.45, 7) is 6.71. The molecule has 0 spiro atoms. The zero-order valence-corrected chi connectivity index (χ0v) is 19.0. The molecule has 3 heterocycles. The summed E-state index contributed by atoms with van der Waals surface area (Å²) in [7, 11) is 2.07. The number of carbonyl (C=O) groups excluding carboxylic acids is 4. The SMILES string of the molecule is Cc1ccc2c(c1)C(=O)N(CCCC(=O)N1CCC(C(=O)N3CCN(C)CC3)CC1)C2=O. The first-order valence-electron chi connectivity index (χ1n) is 11.6. The molecule has 0 radical (unpaired) electrons. The summed E-state index contributed by atoms with van der Waals surface area (Å²) >= 11 is 0. The second-order valence-electron chi connectivity index (χ2n) is 9.20. The van der Waals surface area contributed by atoms with Gasteiger partial charge in [-0.1, -0.05) is 11.6 Å². The van der Waals surface area contributed by atoms with Crippen LogP contribution < -0.4 is 0 Å². The number of nitrogens with zero attached hydrogens (tertiary/aromatic N) is 4. The summed E-state index contributed by atoms with van der Waals surface area (Å²) in [5.74, 6) is -0.289. The lowest BCUT2D eigenvalue weighted by atomic mass is 9.94. The van der Waals surface area contributed by atoms with E-state index in [9.17, 15) is 19.2 Å². The predicted molar refractivity (Wildman–Crippen MR) is 119 cm³/mol. The molecular formula is C24H32N4O4. The van der Waals surface area contributed by atoms with E-state index in [1.807, 2.05) is 22.8 Å². The van der Waals surface area contributed by atoms with Gasteiger partial charge in [-0.15, -0.1) is 0 Å². The van der Waals surface area contributed by atoms with Gasteiger partial charge in [0, 0.05) is 58.2 Å². The maximum Gasteiger partial charge on any atom is 0.261 e. The number of imide groups is 1. The fraction of sp³-hybridized carbons (Fsp3) is 0.583. The van der Waals surface area contributed by atoms with Crippen LogP contribution in [0.2, 0.25) is 0 Å². The van der Waals surface area contributed by atoms with E-state index in [2.05, 4.69) is 11.9 Å². The van der Waals surface area contributed by atoms with Crippen molar-refractivity contribution in [3.63, 3.8) is 0 Å². The first kappa shape index (κ1) is 22.5. The Morgan fingerprint density at radius 3 is 2.25 bits per heavy atom. The number of amides is 4. The van der Waals surface area contributed by atoms with E-state index in [0.29, 0.717) is 49.9 Å². The third-order valence-electron chi connectivity index (χ3n) is 6.91. The lowest BCUT2D eigenvalue weighted by molar-refractivity contribution is -0.142. The van der Waals surface area contributed by atoms with Gasteiger partial charge in [0.1, 0.15) is 0 Å². The highest BCUT2D eigenvalue weighted by Gasteiger charge is 2.35. The Hall–Kier alpha value is -2.74. The van der Waals surface area contributed by atoms with Crippen molar-refractivity contribution in [2.45, 2.75) is 32.6 Å². The molecule has 8 nitrogen and oxygen atoms in total. The molecule has 2 fully saturated rings. The number of hydrogen-bond acceptors (Lipinski definition) is 5. The molecule has 0 unspecified atom stereocenters. The van der Waals surface area contributed by atoms with Crippen LogP contribution in [0.4, 0.5) is 0 Å². The molecule has 4 amide bonds. The average molecular weight is 441 g/mol. The Labute approximate surface area is 189 Å². The predicted octanol–water partition coefficient (Wildman–Crippen LogP) is 1.38. The number of aryl methyl sites for hydroxylation is 1. The van der Waals surface area contributed by atoms with Crippen molar-refractivity contribution < 1.29 is 19.2 Å². The topological polar surface area (TPSA) is 81.2 Å². The Kier molecular flexibility index (Phi) is 6.60. The van der Waals surface area contributed by atoms with Gasteiger partial charge in [0.15, 0.2) is 0 Å². The van der Waals surface area contributed by atoms with Crippen LogP contribution in [-0.4, -0.2) is 96.1 Å². The number of likely N-dealkylation sites (tertiary alicyclic amines) is 1. The van der Waals surface area contributed by atoms with Crippen molar-refractivity contribution in [3.05, 3.63) is 34.9 Å². The van der Waals surface area contributed by atoms with Crippen LogP contribution in [0.25, 0.3) is 0 Å². The van der Waals surface area contributed by atoms with Crippen LogP contribution in [0.1, 0.15) is 52.0 Å². The molecular weight excluding hydrogens is 408 g/mol. The van der Waals surface area contributed by atoms with Crippen molar-refractivity contribution in [2.24, 2.45) is 5.92 Å². The number of piperidine rings is 1. The molecule has 1 aromatic carbocycles. The molecule has 0 N–H and O–H groups in total. The van der Waals surface area contributed by atoms with Gasteiger partial charge < -0.3 is 14.7 Å². The summed E-state index contributed by atoms with van der Waals surface area (Å²) in [5, 5.41) is 0. The standard InChI is InChI=1S/C24H32N4O4/c1-17-5-6-19-20(16-17)24(32)28(23(19)31)9-3-4-21(29)26-10-7-18(8-11-26)22(30)27-14-12-25(2)13-15-27/h5-6,16,18H,3-4,7-15H2,1-2H3. The third kappa shape index (κ3) is 4.55.